The van der Waals surface area contributed by atoms with Crippen molar-refractivity contribution in [3.63, 3.8) is 0 Å². The SMILES string of the molecule is CCCCCCc1ccc(C(=O)OO[CH]COCCCC)cc1. The van der Waals surface area contributed by atoms with Crippen molar-refractivity contribution in [2.75, 3.05) is 13.2 Å². The Morgan fingerprint density at radius 3 is 2.43 bits per heavy atom. The van der Waals surface area contributed by atoms with Crippen LogP contribution in [0.25, 0.3) is 0 Å². The molecule has 0 aliphatic carbocycles. The molecule has 0 saturated heterocycles. The highest BCUT2D eigenvalue weighted by molar-refractivity contribution is 5.88. The minimum absolute atomic E-state index is 0.310. The van der Waals surface area contributed by atoms with Gasteiger partial charge in [0.2, 0.25) is 0 Å². The molecule has 0 spiro atoms. The monoisotopic (exact) mass is 321 g/mol. The quantitative estimate of drug-likeness (QED) is 0.295. The third-order valence-corrected chi connectivity index (χ3v) is 3.53. The van der Waals surface area contributed by atoms with Crippen LogP contribution in [-0.2, 0) is 20.9 Å². The smallest absolute Gasteiger partial charge is 0.373 e. The topological polar surface area (TPSA) is 44.8 Å². The van der Waals surface area contributed by atoms with Gasteiger partial charge in [0, 0.05) is 6.61 Å². The zero-order valence-corrected chi connectivity index (χ0v) is 14.4. The molecule has 0 amide bonds. The van der Waals surface area contributed by atoms with Gasteiger partial charge in [-0.25, -0.2) is 4.79 Å². The van der Waals surface area contributed by atoms with Crippen molar-refractivity contribution in [1.29, 1.82) is 0 Å². The molecule has 0 fully saturated rings. The van der Waals surface area contributed by atoms with Gasteiger partial charge < -0.3 is 4.74 Å². The molecular formula is C19H29O4. The van der Waals surface area contributed by atoms with Crippen LogP contribution in [0.5, 0.6) is 0 Å². The van der Waals surface area contributed by atoms with E-state index < -0.39 is 5.97 Å². The molecule has 0 N–H and O–H groups in total. The van der Waals surface area contributed by atoms with Crippen LogP contribution in [0.15, 0.2) is 24.3 Å². The molecule has 0 aliphatic heterocycles. The van der Waals surface area contributed by atoms with Crippen molar-refractivity contribution in [2.24, 2.45) is 0 Å². The standard InChI is InChI=1S/C19H29O4/c1-3-5-7-8-9-17-10-12-18(13-11-17)19(20)23-22-16-15-21-14-6-4-2/h10-13,16H,3-9,14-15H2,1-2H3. The Hall–Kier alpha value is -1.39. The van der Waals surface area contributed by atoms with Gasteiger partial charge in [-0.1, -0.05) is 51.7 Å². The molecule has 1 radical (unpaired) electrons. The van der Waals surface area contributed by atoms with Gasteiger partial charge in [-0.15, -0.1) is 0 Å². The molecule has 1 rings (SSSR count). The lowest BCUT2D eigenvalue weighted by Gasteiger charge is -2.05. The fourth-order valence-corrected chi connectivity index (χ4v) is 2.09. The average Bonchev–Trinajstić information content (AvgIpc) is 2.58. The largest absolute Gasteiger partial charge is 0.378 e. The van der Waals surface area contributed by atoms with E-state index in [0.717, 1.165) is 19.3 Å². The Kier molecular flexibility index (Phi) is 11.2. The highest BCUT2D eigenvalue weighted by Gasteiger charge is 2.08. The Labute approximate surface area is 140 Å². The summed E-state index contributed by atoms with van der Waals surface area (Å²) in [5.74, 6) is -0.493. The first-order valence-electron chi connectivity index (χ1n) is 8.64. The van der Waals surface area contributed by atoms with Crippen molar-refractivity contribution in [1.82, 2.24) is 0 Å². The van der Waals surface area contributed by atoms with Crippen LogP contribution < -0.4 is 0 Å². The maximum absolute atomic E-state index is 11.8. The third-order valence-electron chi connectivity index (χ3n) is 3.53. The van der Waals surface area contributed by atoms with E-state index in [4.69, 9.17) is 14.5 Å². The van der Waals surface area contributed by atoms with Gasteiger partial charge in [-0.2, -0.15) is 4.89 Å². The van der Waals surface area contributed by atoms with Crippen LogP contribution in [-0.4, -0.2) is 19.2 Å². The van der Waals surface area contributed by atoms with Crippen molar-refractivity contribution in [2.45, 2.75) is 58.8 Å². The van der Waals surface area contributed by atoms with E-state index in [1.54, 1.807) is 12.1 Å². The minimum Gasteiger partial charge on any atom is -0.378 e. The molecule has 0 atom stereocenters. The summed E-state index contributed by atoms with van der Waals surface area (Å²) in [6.45, 7) is 6.64. The van der Waals surface area contributed by atoms with E-state index >= 15 is 0 Å². The van der Waals surface area contributed by atoms with E-state index in [2.05, 4.69) is 13.8 Å². The second kappa shape index (κ2) is 13.1. The van der Waals surface area contributed by atoms with Crippen LogP contribution >= 0.6 is 0 Å². The third kappa shape index (κ3) is 9.36. The molecule has 129 valence electrons. The van der Waals surface area contributed by atoms with Crippen LogP contribution in [0.3, 0.4) is 0 Å². The fourth-order valence-electron chi connectivity index (χ4n) is 2.09. The Bertz CT molecular complexity index is 414. The van der Waals surface area contributed by atoms with Crippen LogP contribution in [0.2, 0.25) is 0 Å². The summed E-state index contributed by atoms with van der Waals surface area (Å²) in [5, 5.41) is 0. The van der Waals surface area contributed by atoms with Gasteiger partial charge in [0.05, 0.1) is 12.2 Å². The molecule has 1 aromatic carbocycles. The number of benzene rings is 1. The van der Waals surface area contributed by atoms with Crippen LogP contribution in [0.4, 0.5) is 0 Å². The Balaban J connectivity index is 2.18. The number of hydrogen-bond donors (Lipinski definition) is 0. The van der Waals surface area contributed by atoms with E-state index in [-0.39, 0.29) is 0 Å². The maximum Gasteiger partial charge on any atom is 0.373 e. The van der Waals surface area contributed by atoms with Gasteiger partial charge >= 0.3 is 5.97 Å². The number of unbranched alkanes of at least 4 members (excludes halogenated alkanes) is 4. The van der Waals surface area contributed by atoms with Crippen molar-refractivity contribution in [3.05, 3.63) is 42.0 Å². The lowest BCUT2D eigenvalue weighted by molar-refractivity contribution is -0.218. The molecule has 1 aromatic rings. The minimum atomic E-state index is -0.493. The molecular weight excluding hydrogens is 292 g/mol. The Morgan fingerprint density at radius 2 is 1.74 bits per heavy atom. The number of carbonyl (C=O) groups excluding carboxylic acids is 1. The van der Waals surface area contributed by atoms with Gasteiger partial charge in [0.15, 0.2) is 6.61 Å². The highest BCUT2D eigenvalue weighted by atomic mass is 17.2. The number of carbonyl (C=O) groups is 1. The second-order valence-corrected chi connectivity index (χ2v) is 5.57. The normalized spacial score (nSPS) is 10.7. The van der Waals surface area contributed by atoms with Crippen molar-refractivity contribution >= 4 is 5.97 Å². The first kappa shape index (κ1) is 19.7. The molecule has 4 heteroatoms. The van der Waals surface area contributed by atoms with Crippen molar-refractivity contribution in [3.8, 4) is 0 Å². The number of rotatable bonds is 13. The predicted molar refractivity (Wildman–Crippen MR) is 90.8 cm³/mol. The Morgan fingerprint density at radius 1 is 1.00 bits per heavy atom. The van der Waals surface area contributed by atoms with Crippen molar-refractivity contribution < 1.29 is 19.3 Å². The number of aryl methyl sites for hydroxylation is 1. The fraction of sp³-hybridized carbons (Fsp3) is 0.579. The molecule has 0 bridgehead atoms. The van der Waals surface area contributed by atoms with E-state index in [0.29, 0.717) is 18.8 Å². The average molecular weight is 321 g/mol. The molecule has 0 aromatic heterocycles. The molecule has 23 heavy (non-hydrogen) atoms. The molecule has 0 saturated carbocycles. The summed E-state index contributed by atoms with van der Waals surface area (Å²) in [5.41, 5.74) is 1.73. The summed E-state index contributed by atoms with van der Waals surface area (Å²) in [6, 6.07) is 7.50. The zero-order valence-electron chi connectivity index (χ0n) is 14.4. The predicted octanol–water partition coefficient (Wildman–Crippen LogP) is 4.88. The summed E-state index contributed by atoms with van der Waals surface area (Å²) >= 11 is 0. The summed E-state index contributed by atoms with van der Waals surface area (Å²) < 4.78 is 5.26. The summed E-state index contributed by atoms with van der Waals surface area (Å²) in [7, 11) is 0. The number of ether oxygens (including phenoxy) is 1. The first-order valence-corrected chi connectivity index (χ1v) is 8.64. The van der Waals surface area contributed by atoms with E-state index in [1.165, 1.54) is 37.9 Å². The lowest BCUT2D eigenvalue weighted by Crippen LogP contribution is -2.07. The summed E-state index contributed by atoms with van der Waals surface area (Å²) in [4.78, 5) is 21.2. The van der Waals surface area contributed by atoms with E-state index in [9.17, 15) is 4.79 Å². The molecule has 4 nitrogen and oxygen atoms in total. The maximum atomic E-state index is 11.8. The lowest BCUT2D eigenvalue weighted by atomic mass is 10.0. The van der Waals surface area contributed by atoms with Crippen LogP contribution in [0.1, 0.15) is 68.3 Å². The molecule has 0 aliphatic rings. The zero-order chi connectivity index (χ0) is 16.8. The van der Waals surface area contributed by atoms with Gasteiger partial charge in [0.25, 0.3) is 0 Å². The number of hydrogen-bond acceptors (Lipinski definition) is 4. The first-order chi connectivity index (χ1) is 11.3. The highest BCUT2D eigenvalue weighted by Crippen LogP contribution is 2.11. The second-order valence-electron chi connectivity index (χ2n) is 5.57. The molecule has 0 heterocycles. The van der Waals surface area contributed by atoms with Gasteiger partial charge in [-0.3, -0.25) is 4.89 Å². The van der Waals surface area contributed by atoms with Crippen LogP contribution in [0, 0.1) is 6.61 Å². The molecule has 0 unspecified atom stereocenters. The van der Waals surface area contributed by atoms with E-state index in [1.807, 2.05) is 12.1 Å². The van der Waals surface area contributed by atoms with Gasteiger partial charge in [0.1, 0.15) is 0 Å². The summed E-state index contributed by atoms with van der Waals surface area (Å²) in [6.07, 6.45) is 8.11. The van der Waals surface area contributed by atoms with Gasteiger partial charge in [-0.05, 0) is 37.0 Å².